The lowest BCUT2D eigenvalue weighted by Crippen LogP contribution is -2.11. The zero-order chi connectivity index (χ0) is 14.7. The number of hydrogen-bond acceptors (Lipinski definition) is 4. The average Bonchev–Trinajstić information content (AvgIpc) is 2.53. The largest absolute Gasteiger partial charge is 0.308 e. The first-order valence-electron chi connectivity index (χ1n) is 6.81. The molecule has 3 rings (SSSR count). The Balaban J connectivity index is 1.91. The first-order chi connectivity index (χ1) is 10.3. The van der Waals surface area contributed by atoms with Gasteiger partial charge in [0.1, 0.15) is 5.82 Å². The summed E-state index contributed by atoms with van der Waals surface area (Å²) in [7, 11) is 0. The molecule has 4 heteroatoms. The molecule has 2 aromatic carbocycles. The first kappa shape index (κ1) is 13.9. The minimum atomic E-state index is 0.745. The molecular weight excluding hydrogens is 278 g/mol. The SMILES string of the molecule is Cc1ccccc1SCc1cc2ccccc2nc1NN. The van der Waals surface area contributed by atoms with E-state index in [0.717, 1.165) is 28.0 Å². The van der Waals surface area contributed by atoms with Crippen molar-refractivity contribution in [3.05, 3.63) is 65.7 Å². The fraction of sp³-hybridized carbons (Fsp3) is 0.118. The van der Waals surface area contributed by atoms with E-state index in [4.69, 9.17) is 5.84 Å². The maximum atomic E-state index is 5.62. The van der Waals surface area contributed by atoms with Crippen LogP contribution in [0.5, 0.6) is 0 Å². The van der Waals surface area contributed by atoms with Crippen molar-refractivity contribution in [2.24, 2.45) is 5.84 Å². The van der Waals surface area contributed by atoms with Crippen molar-refractivity contribution in [3.63, 3.8) is 0 Å². The van der Waals surface area contributed by atoms with Gasteiger partial charge in [-0.05, 0) is 30.7 Å². The second-order valence-electron chi connectivity index (χ2n) is 4.89. The van der Waals surface area contributed by atoms with Crippen LogP contribution in [0.4, 0.5) is 5.82 Å². The molecule has 0 bridgehead atoms. The third kappa shape index (κ3) is 3.01. The van der Waals surface area contributed by atoms with E-state index in [9.17, 15) is 0 Å². The lowest BCUT2D eigenvalue weighted by molar-refractivity contribution is 1.21. The van der Waals surface area contributed by atoms with Crippen LogP contribution in [-0.4, -0.2) is 4.98 Å². The lowest BCUT2D eigenvalue weighted by Gasteiger charge is -2.10. The van der Waals surface area contributed by atoms with Crippen molar-refractivity contribution in [2.45, 2.75) is 17.6 Å². The van der Waals surface area contributed by atoms with Gasteiger partial charge < -0.3 is 5.43 Å². The number of fused-ring (bicyclic) bond motifs is 1. The number of para-hydroxylation sites is 1. The Labute approximate surface area is 128 Å². The molecule has 3 aromatic rings. The normalized spacial score (nSPS) is 10.8. The molecule has 1 heterocycles. The van der Waals surface area contributed by atoms with Gasteiger partial charge in [0.05, 0.1) is 5.52 Å². The van der Waals surface area contributed by atoms with Gasteiger partial charge in [0.15, 0.2) is 0 Å². The number of aryl methyl sites for hydroxylation is 1. The van der Waals surface area contributed by atoms with Gasteiger partial charge in [0, 0.05) is 21.6 Å². The van der Waals surface area contributed by atoms with Gasteiger partial charge in [-0.15, -0.1) is 11.8 Å². The van der Waals surface area contributed by atoms with Crippen LogP contribution < -0.4 is 11.3 Å². The van der Waals surface area contributed by atoms with Gasteiger partial charge in [-0.1, -0.05) is 36.4 Å². The predicted octanol–water partition coefficient (Wildman–Crippen LogP) is 4.12. The molecule has 0 atom stereocenters. The molecule has 0 saturated carbocycles. The van der Waals surface area contributed by atoms with Gasteiger partial charge in [-0.2, -0.15) is 0 Å². The minimum Gasteiger partial charge on any atom is -0.308 e. The van der Waals surface area contributed by atoms with Gasteiger partial charge in [-0.3, -0.25) is 0 Å². The molecular formula is C17H17N3S. The van der Waals surface area contributed by atoms with Crippen LogP contribution in [0.2, 0.25) is 0 Å². The van der Waals surface area contributed by atoms with E-state index in [2.05, 4.69) is 53.7 Å². The Morgan fingerprint density at radius 2 is 1.86 bits per heavy atom. The number of nitrogens with one attached hydrogen (secondary N) is 1. The van der Waals surface area contributed by atoms with E-state index in [1.54, 1.807) is 11.8 Å². The van der Waals surface area contributed by atoms with Crippen LogP contribution in [0.3, 0.4) is 0 Å². The van der Waals surface area contributed by atoms with E-state index in [1.807, 2.05) is 18.2 Å². The Hall–Kier alpha value is -2.04. The highest BCUT2D eigenvalue weighted by molar-refractivity contribution is 7.98. The van der Waals surface area contributed by atoms with E-state index >= 15 is 0 Å². The maximum absolute atomic E-state index is 5.62. The van der Waals surface area contributed by atoms with Gasteiger partial charge in [-0.25, -0.2) is 10.8 Å². The van der Waals surface area contributed by atoms with Crippen LogP contribution in [0.15, 0.2) is 59.5 Å². The Bertz CT molecular complexity index is 771. The highest BCUT2D eigenvalue weighted by Crippen LogP contribution is 2.29. The summed E-state index contributed by atoms with van der Waals surface area (Å²) in [6.07, 6.45) is 0. The highest BCUT2D eigenvalue weighted by Gasteiger charge is 2.07. The smallest absolute Gasteiger partial charge is 0.144 e. The lowest BCUT2D eigenvalue weighted by atomic mass is 10.1. The summed E-state index contributed by atoms with van der Waals surface area (Å²) in [5.41, 5.74) is 6.07. The maximum Gasteiger partial charge on any atom is 0.144 e. The van der Waals surface area contributed by atoms with Gasteiger partial charge in [0.25, 0.3) is 0 Å². The summed E-state index contributed by atoms with van der Waals surface area (Å²) >= 11 is 1.80. The first-order valence-corrected chi connectivity index (χ1v) is 7.80. The van der Waals surface area contributed by atoms with Crippen LogP contribution in [0.1, 0.15) is 11.1 Å². The van der Waals surface area contributed by atoms with Crippen LogP contribution in [0.25, 0.3) is 10.9 Å². The summed E-state index contributed by atoms with van der Waals surface area (Å²) in [5, 5.41) is 1.14. The zero-order valence-electron chi connectivity index (χ0n) is 11.8. The molecule has 0 amide bonds. The molecule has 0 unspecified atom stereocenters. The molecule has 3 N–H and O–H groups in total. The number of hydrazine groups is 1. The molecule has 0 saturated heterocycles. The number of hydrogen-bond donors (Lipinski definition) is 2. The third-order valence-corrected chi connectivity index (χ3v) is 4.64. The van der Waals surface area contributed by atoms with Crippen LogP contribution in [-0.2, 0) is 5.75 Å². The van der Waals surface area contributed by atoms with E-state index < -0.39 is 0 Å². The molecule has 21 heavy (non-hydrogen) atoms. The number of nitrogens with two attached hydrogens (primary N) is 1. The number of thioether (sulfide) groups is 1. The molecule has 0 fully saturated rings. The third-order valence-electron chi connectivity index (χ3n) is 3.42. The Kier molecular flexibility index (Phi) is 4.08. The topological polar surface area (TPSA) is 50.9 Å². The van der Waals surface area contributed by atoms with Gasteiger partial charge in [0.2, 0.25) is 0 Å². The number of pyridine rings is 1. The molecule has 0 spiro atoms. The van der Waals surface area contributed by atoms with Crippen LogP contribution in [0, 0.1) is 6.92 Å². The monoisotopic (exact) mass is 295 g/mol. The highest BCUT2D eigenvalue weighted by atomic mass is 32.2. The molecule has 106 valence electrons. The van der Waals surface area contributed by atoms with E-state index in [1.165, 1.54) is 10.5 Å². The summed E-state index contributed by atoms with van der Waals surface area (Å²) < 4.78 is 0. The van der Waals surface area contributed by atoms with Crippen molar-refractivity contribution in [2.75, 3.05) is 5.43 Å². The number of nitrogen functional groups attached to an aromatic ring is 1. The molecule has 0 radical (unpaired) electrons. The van der Waals surface area contributed by atoms with Crippen molar-refractivity contribution >= 4 is 28.5 Å². The quantitative estimate of drug-likeness (QED) is 0.432. The van der Waals surface area contributed by atoms with E-state index in [0.29, 0.717) is 0 Å². The number of anilines is 1. The van der Waals surface area contributed by atoms with E-state index in [-0.39, 0.29) is 0 Å². The van der Waals surface area contributed by atoms with Gasteiger partial charge >= 0.3 is 0 Å². The summed E-state index contributed by atoms with van der Waals surface area (Å²) in [5.74, 6) is 7.20. The molecule has 0 aliphatic heterocycles. The number of benzene rings is 2. The molecule has 0 aliphatic rings. The summed E-state index contributed by atoms with van der Waals surface area (Å²) in [6, 6.07) is 18.6. The predicted molar refractivity (Wildman–Crippen MR) is 90.3 cm³/mol. The fourth-order valence-corrected chi connectivity index (χ4v) is 3.27. The van der Waals surface area contributed by atoms with Crippen molar-refractivity contribution in [1.29, 1.82) is 0 Å². The summed E-state index contributed by atoms with van der Waals surface area (Å²) in [4.78, 5) is 5.86. The molecule has 0 aliphatic carbocycles. The standard InChI is InChI=1S/C17H17N3S/c1-12-6-2-5-9-16(12)21-11-14-10-13-7-3-4-8-15(13)19-17(14)20-18/h2-10H,11,18H2,1H3,(H,19,20). The number of rotatable bonds is 4. The zero-order valence-corrected chi connectivity index (χ0v) is 12.7. The Morgan fingerprint density at radius 1 is 1.10 bits per heavy atom. The second-order valence-corrected chi connectivity index (χ2v) is 5.90. The molecule has 1 aromatic heterocycles. The number of aromatic nitrogens is 1. The van der Waals surface area contributed by atoms with Crippen LogP contribution >= 0.6 is 11.8 Å². The van der Waals surface area contributed by atoms with Crippen molar-refractivity contribution in [1.82, 2.24) is 4.98 Å². The van der Waals surface area contributed by atoms with Crippen molar-refractivity contribution in [3.8, 4) is 0 Å². The average molecular weight is 295 g/mol. The van der Waals surface area contributed by atoms with Crippen molar-refractivity contribution < 1.29 is 0 Å². The second kappa shape index (κ2) is 6.16. The number of nitrogens with zero attached hydrogens (tertiary/aromatic N) is 1. The Morgan fingerprint density at radius 3 is 2.67 bits per heavy atom. The molecule has 3 nitrogen and oxygen atoms in total. The minimum absolute atomic E-state index is 0.745. The fourth-order valence-electron chi connectivity index (χ4n) is 2.27. The summed E-state index contributed by atoms with van der Waals surface area (Å²) in [6.45, 7) is 2.13.